The van der Waals surface area contributed by atoms with Crippen LogP contribution in [0.4, 0.5) is 0 Å². The molecule has 0 aliphatic carbocycles. The zero-order valence-corrected chi connectivity index (χ0v) is 10.7. The van der Waals surface area contributed by atoms with Gasteiger partial charge in [-0.2, -0.15) is 0 Å². The molecule has 96 valence electrons. The fourth-order valence-corrected chi connectivity index (χ4v) is 2.82. The average molecular weight is 245 g/mol. The number of benzene rings is 1. The predicted molar refractivity (Wildman–Crippen MR) is 71.5 cm³/mol. The topological polar surface area (TPSA) is 48.4 Å². The van der Waals surface area contributed by atoms with Crippen LogP contribution in [0, 0.1) is 0 Å². The molecule has 0 spiro atoms. The van der Waals surface area contributed by atoms with Crippen LogP contribution in [0.2, 0.25) is 0 Å². The van der Waals surface area contributed by atoms with Crippen molar-refractivity contribution in [2.45, 2.75) is 38.3 Å². The summed E-state index contributed by atoms with van der Waals surface area (Å²) < 4.78 is 11.6. The molecule has 1 fully saturated rings. The van der Waals surface area contributed by atoms with E-state index in [4.69, 9.17) is 14.9 Å². The lowest BCUT2D eigenvalue weighted by Crippen LogP contribution is -2.26. The summed E-state index contributed by atoms with van der Waals surface area (Å²) in [5, 5.41) is 1.14. The maximum atomic E-state index is 6.40. The van der Waals surface area contributed by atoms with Gasteiger partial charge in [0.2, 0.25) is 0 Å². The van der Waals surface area contributed by atoms with Gasteiger partial charge in [-0.3, -0.25) is 0 Å². The molecule has 3 nitrogen and oxygen atoms in total. The van der Waals surface area contributed by atoms with E-state index in [2.05, 4.69) is 13.0 Å². The second-order valence-electron chi connectivity index (χ2n) is 4.87. The first-order valence-corrected chi connectivity index (χ1v) is 6.68. The Labute approximate surface area is 107 Å². The molecule has 3 heteroatoms. The number of para-hydroxylation sites is 1. The maximum absolute atomic E-state index is 6.40. The van der Waals surface area contributed by atoms with Crippen molar-refractivity contribution >= 4 is 11.0 Å². The average Bonchev–Trinajstić information content (AvgIpc) is 3.04. The van der Waals surface area contributed by atoms with Crippen molar-refractivity contribution in [2.24, 2.45) is 5.73 Å². The van der Waals surface area contributed by atoms with Gasteiger partial charge in [-0.15, -0.1) is 0 Å². The maximum Gasteiger partial charge on any atom is 0.134 e. The third kappa shape index (κ3) is 1.84. The Morgan fingerprint density at radius 3 is 2.94 bits per heavy atom. The second kappa shape index (κ2) is 4.75. The van der Waals surface area contributed by atoms with Crippen LogP contribution in [0.15, 0.2) is 28.7 Å². The first-order chi connectivity index (χ1) is 8.81. The summed E-state index contributed by atoms with van der Waals surface area (Å²) in [5.74, 6) is 0.999. The fourth-order valence-electron chi connectivity index (χ4n) is 2.82. The Bertz CT molecular complexity index is 540. The van der Waals surface area contributed by atoms with Gasteiger partial charge in [-0.1, -0.05) is 25.1 Å². The Balaban J connectivity index is 2.08. The van der Waals surface area contributed by atoms with Crippen LogP contribution in [0.3, 0.4) is 0 Å². The number of fused-ring (bicyclic) bond motifs is 1. The van der Waals surface area contributed by atoms with Crippen molar-refractivity contribution < 1.29 is 9.15 Å². The van der Waals surface area contributed by atoms with Crippen LogP contribution < -0.4 is 5.73 Å². The van der Waals surface area contributed by atoms with Gasteiger partial charge < -0.3 is 14.9 Å². The number of hydrogen-bond acceptors (Lipinski definition) is 3. The first kappa shape index (κ1) is 11.8. The molecule has 1 aliphatic heterocycles. The molecule has 0 radical (unpaired) electrons. The molecule has 0 amide bonds. The number of aryl methyl sites for hydroxylation is 1. The van der Waals surface area contributed by atoms with Crippen molar-refractivity contribution in [2.75, 3.05) is 6.61 Å². The van der Waals surface area contributed by atoms with Crippen LogP contribution in [0.25, 0.3) is 11.0 Å². The highest BCUT2D eigenvalue weighted by Gasteiger charge is 2.28. The highest BCUT2D eigenvalue weighted by Crippen LogP contribution is 2.34. The molecule has 0 bridgehead atoms. The zero-order valence-electron chi connectivity index (χ0n) is 10.7. The van der Waals surface area contributed by atoms with E-state index in [0.717, 1.165) is 48.2 Å². The largest absolute Gasteiger partial charge is 0.461 e. The van der Waals surface area contributed by atoms with E-state index < -0.39 is 0 Å². The lowest BCUT2D eigenvalue weighted by Gasteiger charge is -2.18. The van der Waals surface area contributed by atoms with Gasteiger partial charge in [0, 0.05) is 24.0 Å². The molecule has 1 aromatic heterocycles. The summed E-state index contributed by atoms with van der Waals surface area (Å²) in [5.41, 5.74) is 8.47. The molecule has 1 saturated heterocycles. The van der Waals surface area contributed by atoms with E-state index in [-0.39, 0.29) is 12.1 Å². The van der Waals surface area contributed by atoms with Crippen molar-refractivity contribution in [3.8, 4) is 0 Å². The van der Waals surface area contributed by atoms with Gasteiger partial charge in [0.15, 0.2) is 0 Å². The zero-order chi connectivity index (χ0) is 12.5. The molecule has 2 unspecified atom stereocenters. The minimum Gasteiger partial charge on any atom is -0.461 e. The van der Waals surface area contributed by atoms with E-state index in [9.17, 15) is 0 Å². The molecule has 0 saturated carbocycles. The van der Waals surface area contributed by atoms with Crippen molar-refractivity contribution in [3.05, 3.63) is 35.6 Å². The summed E-state index contributed by atoms with van der Waals surface area (Å²) in [4.78, 5) is 0. The summed E-state index contributed by atoms with van der Waals surface area (Å²) in [7, 11) is 0. The van der Waals surface area contributed by atoms with Crippen molar-refractivity contribution in [1.29, 1.82) is 0 Å². The van der Waals surface area contributed by atoms with E-state index in [1.54, 1.807) is 0 Å². The molecule has 18 heavy (non-hydrogen) atoms. The summed E-state index contributed by atoms with van der Waals surface area (Å²) in [6.07, 6.45) is 3.15. The molecule has 2 heterocycles. The van der Waals surface area contributed by atoms with E-state index in [1.165, 1.54) is 0 Å². The Hall–Kier alpha value is -1.32. The molecule has 3 rings (SSSR count). The van der Waals surface area contributed by atoms with Crippen LogP contribution in [-0.2, 0) is 11.2 Å². The van der Waals surface area contributed by atoms with Crippen molar-refractivity contribution in [3.63, 3.8) is 0 Å². The van der Waals surface area contributed by atoms with Crippen LogP contribution in [0.5, 0.6) is 0 Å². The molecule has 2 N–H and O–H groups in total. The van der Waals surface area contributed by atoms with Crippen molar-refractivity contribution in [1.82, 2.24) is 0 Å². The standard InChI is InChI=1S/C15H19NO2/c1-2-11-14(15(16)13-8-5-9-17-13)10-6-3-4-7-12(10)18-11/h3-4,6-7,13,15H,2,5,8-9,16H2,1H3. The predicted octanol–water partition coefficient (Wildman–Crippen LogP) is 3.17. The van der Waals surface area contributed by atoms with Gasteiger partial charge in [0.1, 0.15) is 11.3 Å². The Kier molecular flexibility index (Phi) is 3.10. The van der Waals surface area contributed by atoms with E-state index in [1.807, 2.05) is 18.2 Å². The van der Waals surface area contributed by atoms with Crippen LogP contribution >= 0.6 is 0 Å². The first-order valence-electron chi connectivity index (χ1n) is 6.68. The smallest absolute Gasteiger partial charge is 0.134 e. The van der Waals surface area contributed by atoms with Crippen LogP contribution in [0.1, 0.15) is 37.1 Å². The highest BCUT2D eigenvalue weighted by molar-refractivity contribution is 5.82. The molecular weight excluding hydrogens is 226 g/mol. The van der Waals surface area contributed by atoms with Gasteiger partial charge in [-0.25, -0.2) is 0 Å². The summed E-state index contributed by atoms with van der Waals surface area (Å²) in [6.45, 7) is 2.93. The normalized spacial score (nSPS) is 21.6. The molecule has 2 aromatic rings. The third-order valence-corrected chi connectivity index (χ3v) is 3.73. The van der Waals surface area contributed by atoms with E-state index in [0.29, 0.717) is 0 Å². The number of furan rings is 1. The number of hydrogen-bond donors (Lipinski definition) is 1. The minimum absolute atomic E-state index is 0.0777. The van der Waals surface area contributed by atoms with Gasteiger partial charge in [0.05, 0.1) is 12.1 Å². The summed E-state index contributed by atoms with van der Waals surface area (Å²) in [6, 6.07) is 8.03. The number of rotatable bonds is 3. The second-order valence-corrected chi connectivity index (χ2v) is 4.87. The van der Waals surface area contributed by atoms with E-state index >= 15 is 0 Å². The number of nitrogens with two attached hydrogens (primary N) is 1. The number of ether oxygens (including phenoxy) is 1. The lowest BCUT2D eigenvalue weighted by atomic mass is 9.96. The molecule has 1 aliphatic rings. The lowest BCUT2D eigenvalue weighted by molar-refractivity contribution is 0.0898. The van der Waals surface area contributed by atoms with Gasteiger partial charge >= 0.3 is 0 Å². The van der Waals surface area contributed by atoms with Gasteiger partial charge in [-0.05, 0) is 18.9 Å². The molecule has 2 atom stereocenters. The fraction of sp³-hybridized carbons (Fsp3) is 0.467. The Morgan fingerprint density at radius 1 is 1.39 bits per heavy atom. The third-order valence-electron chi connectivity index (χ3n) is 3.73. The SMILES string of the molecule is CCc1oc2ccccc2c1C(N)C1CCCO1. The minimum atomic E-state index is -0.0777. The summed E-state index contributed by atoms with van der Waals surface area (Å²) >= 11 is 0. The van der Waals surface area contributed by atoms with Crippen LogP contribution in [-0.4, -0.2) is 12.7 Å². The highest BCUT2D eigenvalue weighted by atomic mass is 16.5. The monoisotopic (exact) mass is 245 g/mol. The molecular formula is C15H19NO2. The molecule has 1 aromatic carbocycles. The quantitative estimate of drug-likeness (QED) is 0.903. The Morgan fingerprint density at radius 2 is 2.22 bits per heavy atom. The van der Waals surface area contributed by atoms with Gasteiger partial charge in [0.25, 0.3) is 0 Å².